The molecule has 1 heterocycles. The van der Waals surface area contributed by atoms with Crippen LogP contribution in [-0.4, -0.2) is 22.3 Å². The van der Waals surface area contributed by atoms with E-state index in [1.54, 1.807) is 0 Å². The smallest absolute Gasteiger partial charge is 0.0584 e. The average Bonchev–Trinajstić information content (AvgIpc) is 2.89. The van der Waals surface area contributed by atoms with E-state index < -0.39 is 0 Å². The zero-order valence-electron chi connectivity index (χ0n) is 14.7. The molecule has 1 aromatic heterocycles. The molecule has 0 aliphatic heterocycles. The van der Waals surface area contributed by atoms with Gasteiger partial charge in [-0.2, -0.15) is 0 Å². The summed E-state index contributed by atoms with van der Waals surface area (Å²) in [5.41, 5.74) is 5.00. The van der Waals surface area contributed by atoms with Crippen molar-refractivity contribution >= 4 is 10.8 Å². The molecule has 0 saturated carbocycles. The minimum Gasteiger partial charge on any atom is -0.395 e. The lowest BCUT2D eigenvalue weighted by molar-refractivity contribution is 0.238. The Morgan fingerprint density at radius 3 is 2.58 bits per heavy atom. The van der Waals surface area contributed by atoms with E-state index in [0.29, 0.717) is 0 Å². The number of rotatable bonds is 6. The lowest BCUT2D eigenvalue weighted by Gasteiger charge is -2.15. The highest BCUT2D eigenvalue weighted by Crippen LogP contribution is 2.27. The van der Waals surface area contributed by atoms with Crippen molar-refractivity contribution in [2.75, 3.05) is 6.61 Å². The minimum absolute atomic E-state index is 0.158. The molecule has 2 N–H and O–H groups in total. The molecule has 0 fully saturated rings. The molecule has 3 aromatic rings. The summed E-state index contributed by atoms with van der Waals surface area (Å²) in [7, 11) is 0. The third-order valence-electron chi connectivity index (χ3n) is 4.84. The van der Waals surface area contributed by atoms with Crippen LogP contribution in [0, 0.1) is 13.8 Å². The molecule has 2 aromatic carbocycles. The molecule has 3 nitrogen and oxygen atoms in total. The molecular formula is C21H26N2O. The Kier molecular flexibility index (Phi) is 5.03. The third-order valence-corrected chi connectivity index (χ3v) is 4.84. The molecule has 126 valence electrons. The van der Waals surface area contributed by atoms with Crippen LogP contribution >= 0.6 is 0 Å². The predicted molar refractivity (Wildman–Crippen MR) is 101 cm³/mol. The summed E-state index contributed by atoms with van der Waals surface area (Å²) < 4.78 is 2.33. The van der Waals surface area contributed by atoms with Crippen LogP contribution < -0.4 is 5.32 Å². The van der Waals surface area contributed by atoms with Crippen molar-refractivity contribution in [3.63, 3.8) is 0 Å². The molecule has 0 aliphatic carbocycles. The Bertz CT molecular complexity index is 826. The Morgan fingerprint density at radius 1 is 1.08 bits per heavy atom. The molecular weight excluding hydrogens is 296 g/mol. The highest BCUT2D eigenvalue weighted by molar-refractivity contribution is 5.90. The molecule has 0 saturated heterocycles. The molecule has 1 atom stereocenters. The van der Waals surface area contributed by atoms with Crippen molar-refractivity contribution in [2.45, 2.75) is 39.8 Å². The zero-order chi connectivity index (χ0) is 17.1. The van der Waals surface area contributed by atoms with Crippen LogP contribution in [0.25, 0.3) is 16.5 Å². The number of fused-ring (bicyclic) bond motifs is 1. The van der Waals surface area contributed by atoms with Gasteiger partial charge in [0.15, 0.2) is 0 Å². The molecule has 0 spiro atoms. The maximum absolute atomic E-state index is 9.36. The fourth-order valence-electron chi connectivity index (χ4n) is 3.37. The van der Waals surface area contributed by atoms with Crippen molar-refractivity contribution < 1.29 is 5.11 Å². The van der Waals surface area contributed by atoms with Crippen LogP contribution in [0.2, 0.25) is 0 Å². The summed E-state index contributed by atoms with van der Waals surface area (Å²) in [6.07, 6.45) is 0.929. The highest BCUT2D eigenvalue weighted by Gasteiger charge is 2.13. The number of nitrogens with one attached hydrogen (secondary N) is 1. The first-order valence-corrected chi connectivity index (χ1v) is 8.66. The summed E-state index contributed by atoms with van der Waals surface area (Å²) in [5, 5.41) is 15.3. The van der Waals surface area contributed by atoms with Crippen molar-refractivity contribution in [3.05, 3.63) is 65.5 Å². The zero-order valence-corrected chi connectivity index (χ0v) is 14.7. The number of hydrogen-bond donors (Lipinski definition) is 2. The third kappa shape index (κ3) is 3.10. The Labute approximate surface area is 143 Å². The topological polar surface area (TPSA) is 37.2 Å². The Hall–Kier alpha value is -2.10. The molecule has 0 aliphatic rings. The van der Waals surface area contributed by atoms with E-state index in [0.717, 1.165) is 13.0 Å². The van der Waals surface area contributed by atoms with Crippen LogP contribution in [0.3, 0.4) is 0 Å². The van der Waals surface area contributed by atoms with Gasteiger partial charge in [0.2, 0.25) is 0 Å². The fourth-order valence-corrected chi connectivity index (χ4v) is 3.37. The molecule has 0 bridgehead atoms. The first-order chi connectivity index (χ1) is 11.7. The van der Waals surface area contributed by atoms with Gasteiger partial charge in [-0.15, -0.1) is 0 Å². The fraction of sp³-hybridized carbons (Fsp3) is 0.333. The lowest BCUT2D eigenvalue weighted by atomic mass is 10.1. The Morgan fingerprint density at radius 2 is 1.83 bits per heavy atom. The van der Waals surface area contributed by atoms with Crippen LogP contribution in [0.1, 0.15) is 30.3 Å². The second kappa shape index (κ2) is 7.20. The van der Waals surface area contributed by atoms with Gasteiger partial charge in [-0.1, -0.05) is 43.3 Å². The van der Waals surface area contributed by atoms with Gasteiger partial charge in [-0.3, -0.25) is 0 Å². The maximum atomic E-state index is 9.36. The van der Waals surface area contributed by atoms with Crippen LogP contribution in [-0.2, 0) is 6.54 Å². The monoisotopic (exact) mass is 322 g/mol. The maximum Gasteiger partial charge on any atom is 0.0584 e. The highest BCUT2D eigenvalue weighted by atomic mass is 16.3. The quantitative estimate of drug-likeness (QED) is 0.717. The van der Waals surface area contributed by atoms with Gasteiger partial charge in [0, 0.05) is 29.4 Å². The number of aliphatic hydroxyl groups is 1. The first-order valence-electron chi connectivity index (χ1n) is 8.66. The normalized spacial score (nSPS) is 12.7. The SMILES string of the molecule is CC[C@H](CO)NCc1cc(C)n(-c2cccc3ccccc23)c1C. The van der Waals surface area contributed by atoms with Gasteiger partial charge in [0.25, 0.3) is 0 Å². The average molecular weight is 322 g/mol. The summed E-state index contributed by atoms with van der Waals surface area (Å²) in [6.45, 7) is 7.38. The summed E-state index contributed by atoms with van der Waals surface area (Å²) in [4.78, 5) is 0. The van der Waals surface area contributed by atoms with Gasteiger partial charge in [0.1, 0.15) is 0 Å². The van der Waals surface area contributed by atoms with Gasteiger partial charge in [-0.05, 0) is 43.4 Å². The van der Waals surface area contributed by atoms with E-state index in [1.807, 2.05) is 0 Å². The van der Waals surface area contributed by atoms with Crippen LogP contribution in [0.15, 0.2) is 48.5 Å². The second-order valence-corrected chi connectivity index (χ2v) is 6.40. The van der Waals surface area contributed by atoms with Gasteiger partial charge in [0.05, 0.1) is 12.3 Å². The number of benzene rings is 2. The number of aromatic nitrogens is 1. The number of aliphatic hydroxyl groups excluding tert-OH is 1. The van der Waals surface area contributed by atoms with Crippen LogP contribution in [0.4, 0.5) is 0 Å². The van der Waals surface area contributed by atoms with E-state index >= 15 is 0 Å². The summed E-state index contributed by atoms with van der Waals surface area (Å²) >= 11 is 0. The molecule has 0 unspecified atom stereocenters. The van der Waals surface area contributed by atoms with E-state index in [4.69, 9.17) is 0 Å². The standard InChI is InChI=1S/C21H26N2O/c1-4-19(14-24)22-13-18-12-15(2)23(16(18)3)21-11-7-9-17-8-5-6-10-20(17)21/h5-12,19,22,24H,4,13-14H2,1-3H3/t19-/m1/s1. The number of aryl methyl sites for hydroxylation is 1. The molecule has 0 radical (unpaired) electrons. The van der Waals surface area contributed by atoms with Crippen molar-refractivity contribution in [2.24, 2.45) is 0 Å². The number of nitrogens with zero attached hydrogens (tertiary/aromatic N) is 1. The predicted octanol–water partition coefficient (Wildman–Crippen LogP) is 4.11. The van der Waals surface area contributed by atoms with Gasteiger partial charge < -0.3 is 15.0 Å². The Balaban J connectivity index is 2.00. The molecule has 3 heteroatoms. The van der Waals surface area contributed by atoms with E-state index in [9.17, 15) is 5.11 Å². The summed E-state index contributed by atoms with van der Waals surface area (Å²) in [6, 6.07) is 17.4. The van der Waals surface area contributed by atoms with Gasteiger partial charge >= 0.3 is 0 Å². The van der Waals surface area contributed by atoms with Crippen molar-refractivity contribution in [1.29, 1.82) is 0 Å². The number of hydrogen-bond acceptors (Lipinski definition) is 2. The van der Waals surface area contributed by atoms with Gasteiger partial charge in [-0.25, -0.2) is 0 Å². The van der Waals surface area contributed by atoms with Crippen molar-refractivity contribution in [1.82, 2.24) is 9.88 Å². The van der Waals surface area contributed by atoms with Crippen molar-refractivity contribution in [3.8, 4) is 5.69 Å². The molecule has 24 heavy (non-hydrogen) atoms. The summed E-state index contributed by atoms with van der Waals surface area (Å²) in [5.74, 6) is 0. The van der Waals surface area contributed by atoms with E-state index in [2.05, 4.69) is 79.2 Å². The largest absolute Gasteiger partial charge is 0.395 e. The van der Waals surface area contributed by atoms with E-state index in [1.165, 1.54) is 33.4 Å². The van der Waals surface area contributed by atoms with E-state index in [-0.39, 0.29) is 12.6 Å². The van der Waals surface area contributed by atoms with Crippen LogP contribution in [0.5, 0.6) is 0 Å². The molecule has 0 amide bonds. The second-order valence-electron chi connectivity index (χ2n) is 6.40. The first kappa shape index (κ1) is 16.7. The lowest BCUT2D eigenvalue weighted by Crippen LogP contribution is -2.31. The minimum atomic E-state index is 0.158. The molecule has 3 rings (SSSR count).